The van der Waals surface area contributed by atoms with Crippen molar-refractivity contribution >= 4 is 11.9 Å². The largest absolute Gasteiger partial charge is 0.465 e. The number of rotatable bonds is 4. The zero-order valence-corrected chi connectivity index (χ0v) is 11.4. The van der Waals surface area contributed by atoms with Crippen LogP contribution in [0.2, 0.25) is 0 Å². The first-order valence-corrected chi connectivity index (χ1v) is 6.33. The van der Waals surface area contributed by atoms with E-state index in [1.54, 1.807) is 20.8 Å². The summed E-state index contributed by atoms with van der Waals surface area (Å²) in [6.07, 6.45) is -0.0105. The number of alkyl halides is 1. The predicted octanol–water partition coefficient (Wildman–Crippen LogP) is 2.26. The summed E-state index contributed by atoms with van der Waals surface area (Å²) in [7, 11) is 0. The zero-order chi connectivity index (χ0) is 14.0. The van der Waals surface area contributed by atoms with E-state index in [0.29, 0.717) is 0 Å². The molecule has 5 heteroatoms. The van der Waals surface area contributed by atoms with Gasteiger partial charge in [0.25, 0.3) is 0 Å². The van der Waals surface area contributed by atoms with Crippen molar-refractivity contribution in [3.63, 3.8) is 0 Å². The van der Waals surface area contributed by atoms with E-state index in [1.165, 1.54) is 6.92 Å². The minimum Gasteiger partial charge on any atom is -0.465 e. The van der Waals surface area contributed by atoms with Gasteiger partial charge in [-0.3, -0.25) is 9.59 Å². The highest BCUT2D eigenvalue weighted by Crippen LogP contribution is 2.51. The SMILES string of the molecule is CCOC(=O)C1(C(=O)OCC)CC(C)(F)CC1C. The Bertz CT molecular complexity index is 320. The highest BCUT2D eigenvalue weighted by Gasteiger charge is 2.62. The maximum atomic E-state index is 14.1. The third-order valence-corrected chi connectivity index (χ3v) is 3.50. The molecule has 2 unspecified atom stereocenters. The second-order valence-corrected chi connectivity index (χ2v) is 5.11. The van der Waals surface area contributed by atoms with E-state index in [0.717, 1.165) is 0 Å². The molecule has 1 rings (SSSR count). The lowest BCUT2D eigenvalue weighted by Crippen LogP contribution is -2.44. The first kappa shape index (κ1) is 14.9. The minimum absolute atomic E-state index is 0.157. The molecule has 0 aromatic rings. The normalized spacial score (nSPS) is 29.9. The number of carbonyl (C=O) groups excluding carboxylic acids is 2. The van der Waals surface area contributed by atoms with Crippen molar-refractivity contribution in [3.8, 4) is 0 Å². The Labute approximate surface area is 107 Å². The smallest absolute Gasteiger partial charge is 0.323 e. The van der Waals surface area contributed by atoms with Gasteiger partial charge in [-0.25, -0.2) is 4.39 Å². The molecule has 1 aliphatic carbocycles. The van der Waals surface area contributed by atoms with Crippen LogP contribution >= 0.6 is 0 Å². The van der Waals surface area contributed by atoms with Crippen LogP contribution < -0.4 is 0 Å². The highest BCUT2D eigenvalue weighted by atomic mass is 19.1. The molecule has 1 saturated carbocycles. The molecule has 104 valence electrons. The first-order valence-electron chi connectivity index (χ1n) is 6.33. The van der Waals surface area contributed by atoms with Crippen LogP contribution in [0.3, 0.4) is 0 Å². The number of esters is 2. The summed E-state index contributed by atoms with van der Waals surface area (Å²) >= 11 is 0. The van der Waals surface area contributed by atoms with Gasteiger partial charge in [0, 0.05) is 6.42 Å². The van der Waals surface area contributed by atoms with Crippen molar-refractivity contribution in [2.45, 2.75) is 46.2 Å². The number of hydrogen-bond acceptors (Lipinski definition) is 4. The molecular formula is C13H21FO4. The quantitative estimate of drug-likeness (QED) is 0.574. The Morgan fingerprint density at radius 3 is 1.94 bits per heavy atom. The molecule has 1 aliphatic rings. The first-order chi connectivity index (χ1) is 8.30. The van der Waals surface area contributed by atoms with Gasteiger partial charge in [0.05, 0.1) is 13.2 Å². The summed E-state index contributed by atoms with van der Waals surface area (Å²) < 4.78 is 24.1. The van der Waals surface area contributed by atoms with Gasteiger partial charge in [0.1, 0.15) is 5.67 Å². The molecule has 0 saturated heterocycles. The van der Waals surface area contributed by atoms with Gasteiger partial charge >= 0.3 is 11.9 Å². The van der Waals surface area contributed by atoms with Gasteiger partial charge in [-0.2, -0.15) is 0 Å². The van der Waals surface area contributed by atoms with E-state index in [-0.39, 0.29) is 26.1 Å². The molecule has 18 heavy (non-hydrogen) atoms. The lowest BCUT2D eigenvalue weighted by Gasteiger charge is -2.28. The molecule has 0 radical (unpaired) electrons. The molecule has 0 heterocycles. The molecule has 4 nitrogen and oxygen atoms in total. The summed E-state index contributed by atoms with van der Waals surface area (Å²) in [5.74, 6) is -1.76. The van der Waals surface area contributed by atoms with Crippen molar-refractivity contribution in [1.29, 1.82) is 0 Å². The summed E-state index contributed by atoms with van der Waals surface area (Å²) in [6.45, 7) is 6.74. The maximum Gasteiger partial charge on any atom is 0.323 e. The van der Waals surface area contributed by atoms with Gasteiger partial charge in [-0.1, -0.05) is 6.92 Å². The van der Waals surface area contributed by atoms with E-state index in [2.05, 4.69) is 0 Å². The highest BCUT2D eigenvalue weighted by molar-refractivity contribution is 6.01. The Kier molecular flexibility index (Phi) is 4.35. The Hall–Kier alpha value is -1.13. The Morgan fingerprint density at radius 2 is 1.67 bits per heavy atom. The third kappa shape index (κ3) is 2.49. The standard InChI is InChI=1S/C13H21FO4/c1-5-17-10(15)13(11(16)18-6-2)8-12(4,14)7-9(13)3/h9H,5-8H2,1-4H3. The monoisotopic (exact) mass is 260 g/mol. The minimum atomic E-state index is -1.54. The number of hydrogen-bond donors (Lipinski definition) is 0. The van der Waals surface area contributed by atoms with E-state index < -0.39 is 28.9 Å². The maximum absolute atomic E-state index is 14.1. The van der Waals surface area contributed by atoms with E-state index in [9.17, 15) is 14.0 Å². The number of ether oxygens (including phenoxy) is 2. The lowest BCUT2D eigenvalue weighted by molar-refractivity contribution is -0.175. The van der Waals surface area contributed by atoms with Crippen molar-refractivity contribution in [2.75, 3.05) is 13.2 Å². The van der Waals surface area contributed by atoms with E-state index in [4.69, 9.17) is 9.47 Å². The summed E-state index contributed by atoms with van der Waals surface area (Å²) in [5, 5.41) is 0. The lowest BCUT2D eigenvalue weighted by atomic mass is 9.78. The Balaban J connectivity index is 3.10. The van der Waals surface area contributed by atoms with Crippen LogP contribution in [0.15, 0.2) is 0 Å². The van der Waals surface area contributed by atoms with Gasteiger partial charge in [-0.15, -0.1) is 0 Å². The van der Waals surface area contributed by atoms with Crippen molar-refractivity contribution < 1.29 is 23.5 Å². The summed E-state index contributed by atoms with van der Waals surface area (Å²) in [4.78, 5) is 24.2. The van der Waals surface area contributed by atoms with Crippen LogP contribution in [0.25, 0.3) is 0 Å². The molecule has 0 amide bonds. The van der Waals surface area contributed by atoms with Crippen molar-refractivity contribution in [2.24, 2.45) is 11.3 Å². The van der Waals surface area contributed by atoms with E-state index in [1.807, 2.05) is 0 Å². The zero-order valence-electron chi connectivity index (χ0n) is 11.4. The second kappa shape index (κ2) is 5.24. The van der Waals surface area contributed by atoms with Crippen LogP contribution in [0.1, 0.15) is 40.5 Å². The molecule has 0 aliphatic heterocycles. The summed E-state index contributed by atoms with van der Waals surface area (Å²) in [6, 6.07) is 0. The average Bonchev–Trinajstić information content (AvgIpc) is 2.50. The van der Waals surface area contributed by atoms with Gasteiger partial charge < -0.3 is 9.47 Å². The van der Waals surface area contributed by atoms with Crippen LogP contribution in [-0.4, -0.2) is 30.8 Å². The molecule has 0 aromatic carbocycles. The topological polar surface area (TPSA) is 52.6 Å². The fourth-order valence-corrected chi connectivity index (χ4v) is 2.79. The molecular weight excluding hydrogens is 239 g/mol. The van der Waals surface area contributed by atoms with Crippen LogP contribution in [0.5, 0.6) is 0 Å². The van der Waals surface area contributed by atoms with Gasteiger partial charge in [0.2, 0.25) is 0 Å². The fraction of sp³-hybridized carbons (Fsp3) is 0.846. The molecule has 0 bridgehead atoms. The van der Waals surface area contributed by atoms with Crippen LogP contribution in [0.4, 0.5) is 4.39 Å². The summed E-state index contributed by atoms with van der Waals surface area (Å²) in [5.41, 5.74) is -3.03. The van der Waals surface area contributed by atoms with Crippen LogP contribution in [-0.2, 0) is 19.1 Å². The fourth-order valence-electron chi connectivity index (χ4n) is 2.79. The van der Waals surface area contributed by atoms with Gasteiger partial charge in [0.15, 0.2) is 5.41 Å². The van der Waals surface area contributed by atoms with E-state index >= 15 is 0 Å². The molecule has 0 N–H and O–H groups in total. The van der Waals surface area contributed by atoms with Crippen molar-refractivity contribution in [3.05, 3.63) is 0 Å². The van der Waals surface area contributed by atoms with Crippen molar-refractivity contribution in [1.82, 2.24) is 0 Å². The number of halogens is 1. The molecule has 1 fully saturated rings. The molecule has 2 atom stereocenters. The average molecular weight is 260 g/mol. The molecule has 0 aromatic heterocycles. The second-order valence-electron chi connectivity index (χ2n) is 5.11. The molecule has 0 spiro atoms. The Morgan fingerprint density at radius 1 is 1.22 bits per heavy atom. The van der Waals surface area contributed by atoms with Crippen LogP contribution in [0, 0.1) is 11.3 Å². The third-order valence-electron chi connectivity index (χ3n) is 3.50. The van der Waals surface area contributed by atoms with Gasteiger partial charge in [-0.05, 0) is 33.1 Å². The predicted molar refractivity (Wildman–Crippen MR) is 63.6 cm³/mol. The number of carbonyl (C=O) groups is 2.